The Morgan fingerprint density at radius 3 is 1.89 bits per heavy atom. The molecule has 0 amide bonds. The Hall–Kier alpha value is -7.37. The molecule has 0 saturated carbocycles. The van der Waals surface area contributed by atoms with Crippen molar-refractivity contribution in [3.8, 4) is 28.3 Å². The Kier molecular flexibility index (Phi) is 6.79. The molecule has 0 atom stereocenters. The summed E-state index contributed by atoms with van der Waals surface area (Å²) < 4.78 is 15.9. The van der Waals surface area contributed by atoms with Gasteiger partial charge in [-0.25, -0.2) is 4.98 Å². The Labute approximate surface area is 310 Å². The molecule has 11 aromatic rings. The highest BCUT2D eigenvalue weighted by Crippen LogP contribution is 2.51. The Morgan fingerprint density at radius 2 is 1.07 bits per heavy atom. The number of aromatic nitrogens is 2. The molecule has 254 valence electrons. The van der Waals surface area contributed by atoms with E-state index in [1.807, 2.05) is 48.5 Å². The summed E-state index contributed by atoms with van der Waals surface area (Å²) in [5.41, 5.74) is 12.4. The number of rotatable bonds is 6. The van der Waals surface area contributed by atoms with Gasteiger partial charge in [-0.15, -0.1) is 0 Å². The van der Waals surface area contributed by atoms with E-state index in [9.17, 15) is 0 Å². The van der Waals surface area contributed by atoms with Crippen LogP contribution in [-0.2, 0) is 0 Å². The third kappa shape index (κ3) is 4.62. The number of hydrogen-bond donors (Lipinski definition) is 0. The molecule has 5 nitrogen and oxygen atoms in total. The van der Waals surface area contributed by atoms with Crippen LogP contribution >= 0.6 is 0 Å². The third-order valence-corrected chi connectivity index (χ3v) is 10.4. The van der Waals surface area contributed by atoms with Crippen molar-refractivity contribution in [3.05, 3.63) is 188 Å². The second kappa shape index (κ2) is 12.1. The smallest absolute Gasteiger partial charge is 0.227 e. The minimum atomic E-state index is 0.568. The van der Waals surface area contributed by atoms with Crippen molar-refractivity contribution >= 4 is 71.9 Å². The number of furan rings is 1. The molecule has 8 aromatic carbocycles. The topological polar surface area (TPSA) is 47.3 Å². The highest BCUT2D eigenvalue weighted by molar-refractivity contribution is 6.23. The molecule has 3 aromatic heterocycles. The minimum absolute atomic E-state index is 0.568. The first-order valence-electron chi connectivity index (χ1n) is 18.1. The van der Waals surface area contributed by atoms with Gasteiger partial charge in [-0.05, 0) is 66.2 Å². The van der Waals surface area contributed by atoms with Crippen molar-refractivity contribution in [1.29, 1.82) is 0 Å². The van der Waals surface area contributed by atoms with E-state index in [1.54, 1.807) is 0 Å². The Morgan fingerprint density at radius 1 is 0.444 bits per heavy atom. The number of fused-ring (bicyclic) bond motifs is 8. The fourth-order valence-corrected chi connectivity index (χ4v) is 8.09. The molecule has 0 bridgehead atoms. The SMILES string of the molecule is c1ccc(-c2nc3cc(N(c4ccccc4-c4ccccc4)c4cccc5c4c4ccccc4n5-c4ccccc4)c4oc5ccccc5c4c3o2)cc1. The summed E-state index contributed by atoms with van der Waals surface area (Å²) >= 11 is 0. The van der Waals surface area contributed by atoms with Crippen LogP contribution in [0.15, 0.2) is 197 Å². The van der Waals surface area contributed by atoms with Gasteiger partial charge in [0.15, 0.2) is 11.2 Å². The van der Waals surface area contributed by atoms with Gasteiger partial charge in [0, 0.05) is 33.0 Å². The summed E-state index contributed by atoms with van der Waals surface area (Å²) in [6.45, 7) is 0. The molecule has 11 rings (SSSR count). The fraction of sp³-hybridized carbons (Fsp3) is 0. The van der Waals surface area contributed by atoms with Crippen LogP contribution in [0.4, 0.5) is 17.1 Å². The van der Waals surface area contributed by atoms with Crippen molar-refractivity contribution in [2.24, 2.45) is 0 Å². The van der Waals surface area contributed by atoms with Crippen LogP contribution < -0.4 is 4.90 Å². The highest BCUT2D eigenvalue weighted by Gasteiger charge is 2.28. The van der Waals surface area contributed by atoms with Gasteiger partial charge in [-0.1, -0.05) is 127 Å². The van der Waals surface area contributed by atoms with E-state index in [0.717, 1.165) is 88.7 Å². The summed E-state index contributed by atoms with van der Waals surface area (Å²) in [6.07, 6.45) is 0. The largest absolute Gasteiger partial charge is 0.454 e. The molecule has 54 heavy (non-hydrogen) atoms. The van der Waals surface area contributed by atoms with Crippen LogP contribution in [0.3, 0.4) is 0 Å². The molecule has 0 unspecified atom stereocenters. The zero-order valence-electron chi connectivity index (χ0n) is 29.1. The van der Waals surface area contributed by atoms with Crippen molar-refractivity contribution < 1.29 is 8.83 Å². The number of anilines is 3. The molecule has 3 heterocycles. The van der Waals surface area contributed by atoms with E-state index >= 15 is 0 Å². The zero-order chi connectivity index (χ0) is 35.6. The van der Waals surface area contributed by atoms with E-state index < -0.39 is 0 Å². The Balaban J connectivity index is 1.30. The molecular formula is C49H31N3O2. The van der Waals surface area contributed by atoms with Crippen LogP contribution in [0.25, 0.3) is 83.1 Å². The number of oxazole rings is 1. The van der Waals surface area contributed by atoms with E-state index in [-0.39, 0.29) is 0 Å². The lowest BCUT2D eigenvalue weighted by Gasteiger charge is -2.28. The number of nitrogens with zero attached hydrogens (tertiary/aromatic N) is 3. The van der Waals surface area contributed by atoms with Gasteiger partial charge in [0.05, 0.1) is 33.5 Å². The lowest BCUT2D eigenvalue weighted by atomic mass is 10.0. The number of benzene rings is 8. The van der Waals surface area contributed by atoms with Gasteiger partial charge >= 0.3 is 0 Å². The highest BCUT2D eigenvalue weighted by atomic mass is 16.4. The molecule has 5 heteroatoms. The van der Waals surface area contributed by atoms with E-state index in [2.05, 4.69) is 149 Å². The first kappa shape index (κ1) is 30.3. The summed E-state index contributed by atoms with van der Waals surface area (Å²) in [5, 5.41) is 4.16. The maximum Gasteiger partial charge on any atom is 0.227 e. The summed E-state index contributed by atoms with van der Waals surface area (Å²) in [6, 6.07) is 65.5. The molecule has 0 spiro atoms. The maximum atomic E-state index is 6.92. The van der Waals surface area contributed by atoms with Crippen LogP contribution in [0, 0.1) is 0 Å². The van der Waals surface area contributed by atoms with Gasteiger partial charge in [-0.2, -0.15) is 0 Å². The molecule has 0 radical (unpaired) electrons. The molecular weight excluding hydrogens is 663 g/mol. The van der Waals surface area contributed by atoms with Gasteiger partial charge < -0.3 is 18.3 Å². The molecule has 0 N–H and O–H groups in total. The van der Waals surface area contributed by atoms with Gasteiger partial charge in [0.1, 0.15) is 11.1 Å². The normalized spacial score (nSPS) is 11.7. The monoisotopic (exact) mass is 693 g/mol. The molecule has 0 aliphatic heterocycles. The van der Waals surface area contributed by atoms with E-state index in [1.165, 1.54) is 0 Å². The van der Waals surface area contributed by atoms with Gasteiger partial charge in [0.2, 0.25) is 5.89 Å². The predicted molar refractivity (Wildman–Crippen MR) is 221 cm³/mol. The lowest BCUT2D eigenvalue weighted by Crippen LogP contribution is -2.12. The van der Waals surface area contributed by atoms with Crippen molar-refractivity contribution in [1.82, 2.24) is 9.55 Å². The van der Waals surface area contributed by atoms with Crippen molar-refractivity contribution in [2.45, 2.75) is 0 Å². The predicted octanol–water partition coefficient (Wildman–Crippen LogP) is 13.6. The molecule has 0 saturated heterocycles. The summed E-state index contributed by atoms with van der Waals surface area (Å²) in [4.78, 5) is 7.52. The van der Waals surface area contributed by atoms with Crippen LogP contribution in [0.5, 0.6) is 0 Å². The molecule has 0 aliphatic rings. The van der Waals surface area contributed by atoms with Crippen LogP contribution in [-0.4, -0.2) is 9.55 Å². The minimum Gasteiger partial charge on any atom is -0.454 e. The number of para-hydroxylation sites is 4. The zero-order valence-corrected chi connectivity index (χ0v) is 29.1. The van der Waals surface area contributed by atoms with Crippen molar-refractivity contribution in [3.63, 3.8) is 0 Å². The second-order valence-electron chi connectivity index (χ2n) is 13.5. The standard InChI is InChI=1S/C49H31N3O2/c1-4-17-32(18-5-1)35-23-10-13-26-39(35)52(42-29-16-28-41-45(42)36-24-11-14-27-40(36)51(41)34-21-8-3-9-22-34)43-31-38-47(54-49(50-38)33-19-6-2-7-20-33)46-37-25-12-15-30-44(37)53-48(43)46/h1-31H. The second-order valence-corrected chi connectivity index (χ2v) is 13.5. The van der Waals surface area contributed by atoms with E-state index in [0.29, 0.717) is 11.5 Å². The van der Waals surface area contributed by atoms with Gasteiger partial charge in [-0.3, -0.25) is 0 Å². The first-order valence-corrected chi connectivity index (χ1v) is 18.1. The molecule has 0 fully saturated rings. The van der Waals surface area contributed by atoms with Crippen LogP contribution in [0.2, 0.25) is 0 Å². The van der Waals surface area contributed by atoms with Gasteiger partial charge in [0.25, 0.3) is 0 Å². The Bertz CT molecular complexity index is 3160. The maximum absolute atomic E-state index is 6.92. The molecule has 0 aliphatic carbocycles. The quantitative estimate of drug-likeness (QED) is 0.174. The summed E-state index contributed by atoms with van der Waals surface area (Å²) in [7, 11) is 0. The number of hydrogen-bond acceptors (Lipinski definition) is 4. The van der Waals surface area contributed by atoms with Crippen LogP contribution in [0.1, 0.15) is 0 Å². The average Bonchev–Trinajstić information content (AvgIpc) is 3.94. The third-order valence-electron chi connectivity index (χ3n) is 10.4. The fourth-order valence-electron chi connectivity index (χ4n) is 8.09. The van der Waals surface area contributed by atoms with Crippen molar-refractivity contribution in [2.75, 3.05) is 4.90 Å². The van der Waals surface area contributed by atoms with E-state index in [4.69, 9.17) is 13.8 Å². The first-order chi connectivity index (χ1) is 26.8. The lowest BCUT2D eigenvalue weighted by molar-refractivity contribution is 0.622. The average molecular weight is 694 g/mol. The summed E-state index contributed by atoms with van der Waals surface area (Å²) in [5.74, 6) is 0.568.